The predicted octanol–water partition coefficient (Wildman–Crippen LogP) is 1.45. The van der Waals surface area contributed by atoms with E-state index in [2.05, 4.69) is 10.6 Å². The third-order valence-corrected chi connectivity index (χ3v) is 4.36. The Hall–Kier alpha value is -1.42. The summed E-state index contributed by atoms with van der Waals surface area (Å²) in [5.41, 5.74) is 0.182. The lowest BCUT2D eigenvalue weighted by atomic mass is 9.99. The maximum absolute atomic E-state index is 11.8. The maximum Gasteiger partial charge on any atom is 0.238 e. The number of hydrogen-bond donors (Lipinski definition) is 3. The molecule has 6 heteroatoms. The van der Waals surface area contributed by atoms with Gasteiger partial charge >= 0.3 is 0 Å². The Kier molecular flexibility index (Phi) is 4.53. The summed E-state index contributed by atoms with van der Waals surface area (Å²) in [4.78, 5) is 11.8. The van der Waals surface area contributed by atoms with Crippen molar-refractivity contribution in [1.82, 2.24) is 5.32 Å². The topological polar surface area (TPSA) is 85.2 Å². The Morgan fingerprint density at radius 1 is 1.53 bits per heavy atom. The zero-order chi connectivity index (χ0) is 13.7. The fourth-order valence-corrected chi connectivity index (χ4v) is 3.13. The van der Waals surface area contributed by atoms with Gasteiger partial charge in [-0.1, -0.05) is 12.8 Å². The first-order chi connectivity index (χ1) is 9.19. The molecule has 0 unspecified atom stereocenters. The fraction of sp³-hybridized carbons (Fsp3) is 0.538. The van der Waals surface area contributed by atoms with Crippen molar-refractivity contribution in [1.29, 1.82) is 5.26 Å². The molecule has 3 N–H and O–H groups in total. The first-order valence-corrected chi connectivity index (χ1v) is 7.20. The standard InChI is InChI=1S/C13H17N3O2S/c14-7-10-3-6-19-12(10)16-11(18)8-15-13(9-17)4-1-2-5-13/h3,6,15,17H,1-2,4-5,8-9H2,(H,16,18). The molecule has 1 aromatic rings. The van der Waals surface area contributed by atoms with E-state index in [-0.39, 0.29) is 24.6 Å². The third kappa shape index (κ3) is 3.32. The highest BCUT2D eigenvalue weighted by Crippen LogP contribution is 2.29. The van der Waals surface area contributed by atoms with E-state index in [9.17, 15) is 9.90 Å². The molecule has 0 aliphatic heterocycles. The number of thiophene rings is 1. The van der Waals surface area contributed by atoms with Crippen LogP contribution in [0.25, 0.3) is 0 Å². The van der Waals surface area contributed by atoms with Crippen molar-refractivity contribution in [3.63, 3.8) is 0 Å². The average molecular weight is 279 g/mol. The van der Waals surface area contributed by atoms with Crippen LogP contribution in [-0.2, 0) is 4.79 Å². The van der Waals surface area contributed by atoms with Crippen LogP contribution in [0.15, 0.2) is 11.4 Å². The fourth-order valence-electron chi connectivity index (χ4n) is 2.38. The minimum absolute atomic E-state index is 0.0583. The minimum atomic E-state index is -0.301. The molecular formula is C13H17N3O2S. The molecule has 0 bridgehead atoms. The van der Waals surface area contributed by atoms with Gasteiger partial charge in [0.05, 0.1) is 18.7 Å². The van der Waals surface area contributed by atoms with Gasteiger partial charge in [-0.15, -0.1) is 11.3 Å². The lowest BCUT2D eigenvalue weighted by Gasteiger charge is -2.27. The van der Waals surface area contributed by atoms with Gasteiger partial charge in [0.25, 0.3) is 0 Å². The molecule has 1 aliphatic carbocycles. The van der Waals surface area contributed by atoms with Crippen molar-refractivity contribution < 1.29 is 9.90 Å². The second kappa shape index (κ2) is 6.15. The molecule has 1 aliphatic rings. The summed E-state index contributed by atoms with van der Waals surface area (Å²) in [7, 11) is 0. The van der Waals surface area contributed by atoms with Crippen LogP contribution < -0.4 is 10.6 Å². The number of carbonyl (C=O) groups is 1. The molecule has 5 nitrogen and oxygen atoms in total. The van der Waals surface area contributed by atoms with E-state index in [0.29, 0.717) is 10.6 Å². The van der Waals surface area contributed by atoms with E-state index < -0.39 is 0 Å². The van der Waals surface area contributed by atoms with Gasteiger partial charge in [0.2, 0.25) is 5.91 Å². The van der Waals surface area contributed by atoms with Crippen molar-refractivity contribution in [2.75, 3.05) is 18.5 Å². The van der Waals surface area contributed by atoms with Crippen LogP contribution in [0, 0.1) is 11.3 Å². The van der Waals surface area contributed by atoms with E-state index in [0.717, 1.165) is 25.7 Å². The van der Waals surface area contributed by atoms with Crippen molar-refractivity contribution >= 4 is 22.2 Å². The van der Waals surface area contributed by atoms with Gasteiger partial charge in [-0.05, 0) is 24.3 Å². The molecule has 1 heterocycles. The molecule has 1 saturated carbocycles. The molecule has 102 valence electrons. The Bertz CT molecular complexity index is 486. The number of hydrogen-bond acceptors (Lipinski definition) is 5. The third-order valence-electron chi connectivity index (χ3n) is 3.53. The first kappa shape index (κ1) is 14.0. The molecule has 0 saturated heterocycles. The lowest BCUT2D eigenvalue weighted by molar-refractivity contribution is -0.115. The number of aliphatic hydroxyl groups excluding tert-OH is 1. The van der Waals surface area contributed by atoms with Crippen molar-refractivity contribution in [3.05, 3.63) is 17.0 Å². The second-order valence-electron chi connectivity index (χ2n) is 4.82. The molecule has 0 aromatic carbocycles. The lowest BCUT2D eigenvalue weighted by Crippen LogP contribution is -2.49. The number of nitrogens with one attached hydrogen (secondary N) is 2. The number of rotatable bonds is 5. The molecule has 2 rings (SSSR count). The number of anilines is 1. The Balaban J connectivity index is 1.87. The van der Waals surface area contributed by atoms with Gasteiger partial charge in [-0.2, -0.15) is 5.26 Å². The summed E-state index contributed by atoms with van der Waals surface area (Å²) >= 11 is 1.33. The van der Waals surface area contributed by atoms with E-state index in [1.165, 1.54) is 11.3 Å². The molecular weight excluding hydrogens is 262 g/mol. The minimum Gasteiger partial charge on any atom is -0.394 e. The molecule has 0 spiro atoms. The van der Waals surface area contributed by atoms with E-state index in [1.807, 2.05) is 6.07 Å². The summed E-state index contributed by atoms with van der Waals surface area (Å²) < 4.78 is 0. The van der Waals surface area contributed by atoms with Crippen LogP contribution >= 0.6 is 11.3 Å². The molecule has 0 radical (unpaired) electrons. The predicted molar refractivity (Wildman–Crippen MR) is 74.0 cm³/mol. The number of amides is 1. The van der Waals surface area contributed by atoms with E-state index in [4.69, 9.17) is 5.26 Å². The number of carbonyl (C=O) groups excluding carboxylic acids is 1. The second-order valence-corrected chi connectivity index (χ2v) is 5.74. The van der Waals surface area contributed by atoms with Crippen LogP contribution in [-0.4, -0.2) is 29.7 Å². The van der Waals surface area contributed by atoms with Crippen LogP contribution in [0.5, 0.6) is 0 Å². The molecule has 1 fully saturated rings. The highest BCUT2D eigenvalue weighted by molar-refractivity contribution is 7.14. The molecule has 1 aromatic heterocycles. The van der Waals surface area contributed by atoms with Crippen LogP contribution in [0.3, 0.4) is 0 Å². The number of nitrogens with zero attached hydrogens (tertiary/aromatic N) is 1. The van der Waals surface area contributed by atoms with Gasteiger partial charge in [-0.3, -0.25) is 4.79 Å². The van der Waals surface area contributed by atoms with Crippen LogP contribution in [0.2, 0.25) is 0 Å². The summed E-state index contributed by atoms with van der Waals surface area (Å²) in [6.45, 7) is 0.214. The molecule has 1 amide bonds. The van der Waals surface area contributed by atoms with Gasteiger partial charge in [0, 0.05) is 5.54 Å². The number of aliphatic hydroxyl groups is 1. The van der Waals surface area contributed by atoms with E-state index in [1.54, 1.807) is 11.4 Å². The van der Waals surface area contributed by atoms with Gasteiger partial charge in [0.1, 0.15) is 11.1 Å². The Labute approximate surface area is 116 Å². The monoisotopic (exact) mass is 279 g/mol. The highest BCUT2D eigenvalue weighted by Gasteiger charge is 2.32. The van der Waals surface area contributed by atoms with Crippen LogP contribution in [0.1, 0.15) is 31.2 Å². The Morgan fingerprint density at radius 2 is 2.26 bits per heavy atom. The van der Waals surface area contributed by atoms with E-state index >= 15 is 0 Å². The first-order valence-electron chi connectivity index (χ1n) is 6.32. The smallest absolute Gasteiger partial charge is 0.238 e. The van der Waals surface area contributed by atoms with Gasteiger partial charge < -0.3 is 15.7 Å². The molecule has 19 heavy (non-hydrogen) atoms. The Morgan fingerprint density at radius 3 is 2.89 bits per heavy atom. The summed E-state index contributed by atoms with van der Waals surface area (Å²) in [6.07, 6.45) is 3.97. The highest BCUT2D eigenvalue weighted by atomic mass is 32.1. The maximum atomic E-state index is 11.8. The van der Waals surface area contributed by atoms with Crippen LogP contribution in [0.4, 0.5) is 5.00 Å². The summed E-state index contributed by atoms with van der Waals surface area (Å²) in [5.74, 6) is -0.182. The zero-order valence-corrected chi connectivity index (χ0v) is 11.4. The average Bonchev–Trinajstić information content (AvgIpc) is 3.05. The van der Waals surface area contributed by atoms with Crippen molar-refractivity contribution in [2.24, 2.45) is 0 Å². The van der Waals surface area contributed by atoms with Gasteiger partial charge in [-0.25, -0.2) is 0 Å². The van der Waals surface area contributed by atoms with Crippen molar-refractivity contribution in [2.45, 2.75) is 31.2 Å². The summed E-state index contributed by atoms with van der Waals surface area (Å²) in [5, 5.41) is 26.5. The number of nitriles is 1. The largest absolute Gasteiger partial charge is 0.394 e. The zero-order valence-electron chi connectivity index (χ0n) is 10.6. The molecule has 0 atom stereocenters. The SMILES string of the molecule is N#Cc1ccsc1NC(=O)CNC1(CO)CCCC1. The normalized spacial score (nSPS) is 17.1. The summed E-state index contributed by atoms with van der Waals surface area (Å²) in [6, 6.07) is 3.71. The quantitative estimate of drug-likeness (QED) is 0.761. The van der Waals surface area contributed by atoms with Gasteiger partial charge in [0.15, 0.2) is 0 Å². The van der Waals surface area contributed by atoms with Crippen molar-refractivity contribution in [3.8, 4) is 6.07 Å².